The lowest BCUT2D eigenvalue weighted by atomic mass is 9.75. The highest BCUT2D eigenvalue weighted by molar-refractivity contribution is 5.48. The van der Waals surface area contributed by atoms with Gasteiger partial charge in [-0.2, -0.15) is 5.26 Å². The summed E-state index contributed by atoms with van der Waals surface area (Å²) in [7, 11) is 0. The minimum atomic E-state index is -0.446. The van der Waals surface area contributed by atoms with Crippen molar-refractivity contribution >= 4 is 5.69 Å². The zero-order chi connectivity index (χ0) is 13.2. The molecule has 2 nitrogen and oxygen atoms in total. The van der Waals surface area contributed by atoms with E-state index in [1.807, 2.05) is 6.07 Å². The van der Waals surface area contributed by atoms with Crippen LogP contribution in [0.5, 0.6) is 0 Å². The van der Waals surface area contributed by atoms with E-state index in [-0.39, 0.29) is 5.56 Å². The van der Waals surface area contributed by atoms with Gasteiger partial charge in [-0.3, -0.25) is 0 Å². The molecule has 1 saturated carbocycles. The average Bonchev–Trinajstić information content (AvgIpc) is 2.32. The first-order valence-corrected chi connectivity index (χ1v) is 6.46. The number of halogens is 1. The molecule has 1 aromatic carbocycles. The third-order valence-electron chi connectivity index (χ3n) is 3.80. The second-order valence-electron chi connectivity index (χ2n) is 5.89. The number of hydrogen-bond acceptors (Lipinski definition) is 2. The quantitative estimate of drug-likeness (QED) is 0.853. The van der Waals surface area contributed by atoms with E-state index in [9.17, 15) is 4.39 Å². The first-order chi connectivity index (χ1) is 8.50. The lowest BCUT2D eigenvalue weighted by Crippen LogP contribution is -2.29. The van der Waals surface area contributed by atoms with Crippen molar-refractivity contribution in [2.75, 3.05) is 5.32 Å². The maximum Gasteiger partial charge on any atom is 0.143 e. The van der Waals surface area contributed by atoms with E-state index in [0.717, 1.165) is 18.5 Å². The second kappa shape index (κ2) is 4.97. The van der Waals surface area contributed by atoms with Crippen molar-refractivity contribution in [1.82, 2.24) is 0 Å². The van der Waals surface area contributed by atoms with E-state index in [1.54, 1.807) is 6.07 Å². The van der Waals surface area contributed by atoms with Crippen molar-refractivity contribution in [3.8, 4) is 6.07 Å². The molecule has 0 spiro atoms. The van der Waals surface area contributed by atoms with Crippen molar-refractivity contribution in [2.45, 2.75) is 45.6 Å². The van der Waals surface area contributed by atoms with Gasteiger partial charge in [-0.1, -0.05) is 13.8 Å². The van der Waals surface area contributed by atoms with Crippen LogP contribution < -0.4 is 5.32 Å². The van der Waals surface area contributed by atoms with Gasteiger partial charge in [0.05, 0.1) is 5.56 Å². The monoisotopic (exact) mass is 246 g/mol. The molecule has 1 fully saturated rings. The summed E-state index contributed by atoms with van der Waals surface area (Å²) < 4.78 is 13.5. The lowest BCUT2D eigenvalue weighted by Gasteiger charge is -2.35. The van der Waals surface area contributed by atoms with Gasteiger partial charge in [0.2, 0.25) is 0 Å². The van der Waals surface area contributed by atoms with Crippen molar-refractivity contribution in [2.24, 2.45) is 5.41 Å². The van der Waals surface area contributed by atoms with E-state index in [2.05, 4.69) is 19.2 Å². The molecule has 18 heavy (non-hydrogen) atoms. The van der Waals surface area contributed by atoms with E-state index in [4.69, 9.17) is 5.26 Å². The largest absolute Gasteiger partial charge is 0.382 e. The summed E-state index contributed by atoms with van der Waals surface area (Å²) in [4.78, 5) is 0. The first kappa shape index (κ1) is 12.9. The molecule has 0 aliphatic heterocycles. The number of hydrogen-bond donors (Lipinski definition) is 1. The third kappa shape index (κ3) is 3.01. The van der Waals surface area contributed by atoms with Gasteiger partial charge in [0.15, 0.2) is 0 Å². The van der Waals surface area contributed by atoms with Crippen LogP contribution >= 0.6 is 0 Å². The van der Waals surface area contributed by atoms with Crippen LogP contribution in [0.15, 0.2) is 18.2 Å². The third-order valence-corrected chi connectivity index (χ3v) is 3.80. The van der Waals surface area contributed by atoms with Gasteiger partial charge >= 0.3 is 0 Å². The fraction of sp³-hybridized carbons (Fsp3) is 0.533. The predicted molar refractivity (Wildman–Crippen MR) is 70.8 cm³/mol. The van der Waals surface area contributed by atoms with Gasteiger partial charge in [-0.25, -0.2) is 4.39 Å². The molecule has 3 heteroatoms. The van der Waals surface area contributed by atoms with Gasteiger partial charge in [-0.05, 0) is 49.3 Å². The van der Waals surface area contributed by atoms with Crippen LogP contribution in [0.4, 0.5) is 10.1 Å². The molecule has 1 aliphatic rings. The Morgan fingerprint density at radius 1 is 1.33 bits per heavy atom. The summed E-state index contributed by atoms with van der Waals surface area (Å²) in [5.41, 5.74) is 1.32. The van der Waals surface area contributed by atoms with Crippen LogP contribution in [0.25, 0.3) is 0 Å². The highest BCUT2D eigenvalue weighted by Gasteiger charge is 2.26. The molecule has 1 aromatic rings. The zero-order valence-electron chi connectivity index (χ0n) is 11.0. The van der Waals surface area contributed by atoms with E-state index in [1.165, 1.54) is 25.0 Å². The number of nitriles is 1. The maximum atomic E-state index is 13.5. The number of anilines is 1. The summed E-state index contributed by atoms with van der Waals surface area (Å²) in [5, 5.41) is 12.0. The summed E-state index contributed by atoms with van der Waals surface area (Å²) in [6.45, 7) is 4.59. The van der Waals surface area contributed by atoms with Gasteiger partial charge in [0.1, 0.15) is 11.9 Å². The molecule has 1 N–H and O–H groups in total. The molecule has 0 saturated heterocycles. The van der Waals surface area contributed by atoms with Crippen molar-refractivity contribution in [3.05, 3.63) is 29.6 Å². The molecular formula is C15H19FN2. The molecule has 1 aliphatic carbocycles. The van der Waals surface area contributed by atoms with Crippen molar-refractivity contribution in [1.29, 1.82) is 5.26 Å². The van der Waals surface area contributed by atoms with Gasteiger partial charge in [0, 0.05) is 11.7 Å². The van der Waals surface area contributed by atoms with Crippen molar-refractivity contribution < 1.29 is 4.39 Å². The molecule has 96 valence electrons. The minimum absolute atomic E-state index is 0.102. The Morgan fingerprint density at radius 2 is 2.00 bits per heavy atom. The van der Waals surface area contributed by atoms with Crippen LogP contribution in [0.2, 0.25) is 0 Å². The summed E-state index contributed by atoms with van der Waals surface area (Å²) in [6, 6.07) is 6.98. The highest BCUT2D eigenvalue weighted by Crippen LogP contribution is 2.36. The van der Waals surface area contributed by atoms with Crippen LogP contribution in [0, 0.1) is 22.6 Å². The molecule has 0 amide bonds. The molecule has 0 heterocycles. The minimum Gasteiger partial charge on any atom is -0.382 e. The zero-order valence-corrected chi connectivity index (χ0v) is 11.0. The molecule has 0 bridgehead atoms. The van der Waals surface area contributed by atoms with E-state index >= 15 is 0 Å². The molecule has 0 unspecified atom stereocenters. The Kier molecular flexibility index (Phi) is 3.56. The van der Waals surface area contributed by atoms with Crippen LogP contribution in [-0.4, -0.2) is 6.04 Å². The van der Waals surface area contributed by atoms with Gasteiger partial charge < -0.3 is 5.32 Å². The number of nitrogens with zero attached hydrogens (tertiary/aromatic N) is 1. The maximum absolute atomic E-state index is 13.5. The Labute approximate surface area is 108 Å². The van der Waals surface area contributed by atoms with Gasteiger partial charge in [-0.15, -0.1) is 0 Å². The number of rotatable bonds is 2. The fourth-order valence-corrected chi connectivity index (χ4v) is 2.47. The topological polar surface area (TPSA) is 35.8 Å². The first-order valence-electron chi connectivity index (χ1n) is 6.46. The van der Waals surface area contributed by atoms with E-state index in [0.29, 0.717) is 11.5 Å². The SMILES string of the molecule is CC1(C)CCC(Nc2ccc(C#N)c(F)c2)CC1. The standard InChI is InChI=1S/C15H19FN2/c1-15(2)7-5-12(6-8-15)18-13-4-3-11(10-17)14(16)9-13/h3-4,9,12,18H,5-8H2,1-2H3. The normalized spacial score (nSPS) is 19.2. The highest BCUT2D eigenvalue weighted by atomic mass is 19.1. The number of nitrogens with one attached hydrogen (secondary N) is 1. The Hall–Kier alpha value is -1.56. The fourth-order valence-electron chi connectivity index (χ4n) is 2.47. The second-order valence-corrected chi connectivity index (χ2v) is 5.89. The van der Waals surface area contributed by atoms with Crippen LogP contribution in [0.3, 0.4) is 0 Å². The van der Waals surface area contributed by atoms with Crippen LogP contribution in [0.1, 0.15) is 45.1 Å². The molecule has 0 radical (unpaired) electrons. The van der Waals surface area contributed by atoms with Crippen LogP contribution in [-0.2, 0) is 0 Å². The molecule has 2 rings (SSSR count). The Morgan fingerprint density at radius 3 is 2.56 bits per heavy atom. The Bertz CT molecular complexity index is 464. The molecule has 0 aromatic heterocycles. The predicted octanol–water partition coefficient (Wildman–Crippen LogP) is 4.08. The molecular weight excluding hydrogens is 227 g/mol. The Balaban J connectivity index is 1.99. The summed E-state index contributed by atoms with van der Waals surface area (Å²) in [6.07, 6.45) is 4.64. The lowest BCUT2D eigenvalue weighted by molar-refractivity contribution is 0.232. The van der Waals surface area contributed by atoms with E-state index < -0.39 is 5.82 Å². The summed E-state index contributed by atoms with van der Waals surface area (Å²) >= 11 is 0. The molecule has 0 atom stereocenters. The smallest absolute Gasteiger partial charge is 0.143 e. The van der Waals surface area contributed by atoms with Gasteiger partial charge in [0.25, 0.3) is 0 Å². The summed E-state index contributed by atoms with van der Waals surface area (Å²) in [5.74, 6) is -0.446. The number of benzene rings is 1. The average molecular weight is 246 g/mol. The van der Waals surface area contributed by atoms with Crippen molar-refractivity contribution in [3.63, 3.8) is 0 Å².